The first-order valence-electron chi connectivity index (χ1n) is 9.13. The number of carboxylic acid groups (broad SMARTS) is 2. The molecule has 3 rings (SSSR count). The number of piperazine rings is 1. The van der Waals surface area contributed by atoms with E-state index in [2.05, 4.69) is 9.80 Å². The van der Waals surface area contributed by atoms with Crippen molar-refractivity contribution >= 4 is 11.9 Å². The topological polar surface area (TPSA) is 81.1 Å². The molecule has 2 N–H and O–H groups in total. The molecule has 1 saturated heterocycles. The predicted octanol–water partition coefficient (Wildman–Crippen LogP) is 2.43. The van der Waals surface area contributed by atoms with E-state index < -0.39 is 11.9 Å². The van der Waals surface area contributed by atoms with E-state index in [1.165, 1.54) is 32.1 Å². The summed E-state index contributed by atoms with van der Waals surface area (Å²) in [5.41, 5.74) is 0.832. The Balaban J connectivity index is 0.000000352. The Morgan fingerprint density at radius 1 is 0.962 bits per heavy atom. The van der Waals surface area contributed by atoms with Crippen LogP contribution in [0.1, 0.15) is 37.7 Å². The Kier molecular flexibility index (Phi) is 8.00. The standard InChI is InChI=1S/C17H25FN2.C2H2O4/c18-17-9-5-4-6-15(17)14-19-10-12-20(13-11-19)16-7-2-1-3-8-16;3-1(4)2(5)6/h4-6,9,16H,1-3,7-8,10-14H2;(H,3,4)(H,5,6). The molecule has 0 atom stereocenters. The molecule has 26 heavy (non-hydrogen) atoms. The Labute approximate surface area is 153 Å². The molecule has 6 nitrogen and oxygen atoms in total. The van der Waals surface area contributed by atoms with Crippen molar-refractivity contribution in [1.82, 2.24) is 9.80 Å². The number of aliphatic carboxylic acids is 2. The summed E-state index contributed by atoms with van der Waals surface area (Å²) in [6.45, 7) is 5.21. The van der Waals surface area contributed by atoms with Crippen molar-refractivity contribution in [3.8, 4) is 0 Å². The highest BCUT2D eigenvalue weighted by molar-refractivity contribution is 6.27. The molecule has 0 unspecified atom stereocenters. The maximum atomic E-state index is 13.7. The van der Waals surface area contributed by atoms with Crippen LogP contribution in [-0.4, -0.2) is 64.2 Å². The zero-order chi connectivity index (χ0) is 18.9. The summed E-state index contributed by atoms with van der Waals surface area (Å²) in [6.07, 6.45) is 6.99. The van der Waals surface area contributed by atoms with E-state index in [-0.39, 0.29) is 5.82 Å². The van der Waals surface area contributed by atoms with Crippen LogP contribution in [0.15, 0.2) is 24.3 Å². The highest BCUT2D eigenvalue weighted by Gasteiger charge is 2.25. The molecule has 2 aliphatic rings. The largest absolute Gasteiger partial charge is 0.473 e. The molecule has 144 valence electrons. The van der Waals surface area contributed by atoms with Gasteiger partial charge in [-0.05, 0) is 18.9 Å². The quantitative estimate of drug-likeness (QED) is 0.800. The minimum absolute atomic E-state index is 0.0674. The van der Waals surface area contributed by atoms with Crippen molar-refractivity contribution in [2.75, 3.05) is 26.2 Å². The normalized spacial score (nSPS) is 19.4. The highest BCUT2D eigenvalue weighted by atomic mass is 19.1. The first kappa shape index (κ1) is 20.3. The third kappa shape index (κ3) is 6.38. The Bertz CT molecular complexity index is 585. The molecule has 0 bridgehead atoms. The molecule has 2 fully saturated rings. The van der Waals surface area contributed by atoms with Gasteiger partial charge in [0.15, 0.2) is 0 Å². The van der Waals surface area contributed by atoms with E-state index in [1.807, 2.05) is 12.1 Å². The molecule has 1 aliphatic carbocycles. The van der Waals surface area contributed by atoms with Gasteiger partial charge in [0.05, 0.1) is 0 Å². The average Bonchev–Trinajstić information content (AvgIpc) is 2.65. The highest BCUT2D eigenvalue weighted by Crippen LogP contribution is 2.23. The summed E-state index contributed by atoms with van der Waals surface area (Å²) < 4.78 is 13.7. The second-order valence-electron chi connectivity index (χ2n) is 6.81. The van der Waals surface area contributed by atoms with E-state index in [4.69, 9.17) is 19.8 Å². The number of rotatable bonds is 3. The fourth-order valence-electron chi connectivity index (χ4n) is 3.60. The van der Waals surface area contributed by atoms with Crippen LogP contribution in [0.3, 0.4) is 0 Å². The lowest BCUT2D eigenvalue weighted by molar-refractivity contribution is -0.159. The first-order valence-corrected chi connectivity index (χ1v) is 9.13. The van der Waals surface area contributed by atoms with Crippen LogP contribution in [0.2, 0.25) is 0 Å². The van der Waals surface area contributed by atoms with Gasteiger partial charge in [0, 0.05) is 44.3 Å². The summed E-state index contributed by atoms with van der Waals surface area (Å²) in [4.78, 5) is 23.2. The summed E-state index contributed by atoms with van der Waals surface area (Å²) in [7, 11) is 0. The fraction of sp³-hybridized carbons (Fsp3) is 0.579. The maximum absolute atomic E-state index is 13.7. The molecule has 1 aromatic carbocycles. The van der Waals surface area contributed by atoms with E-state index in [0.717, 1.165) is 44.3 Å². The molecule has 0 spiro atoms. The van der Waals surface area contributed by atoms with Gasteiger partial charge in [-0.25, -0.2) is 14.0 Å². The van der Waals surface area contributed by atoms with Gasteiger partial charge in [-0.2, -0.15) is 0 Å². The number of nitrogens with zero attached hydrogens (tertiary/aromatic N) is 2. The molecule has 1 saturated carbocycles. The summed E-state index contributed by atoms with van der Waals surface area (Å²) in [5.74, 6) is -3.72. The Morgan fingerprint density at radius 3 is 2.08 bits per heavy atom. The number of hydrogen-bond acceptors (Lipinski definition) is 4. The predicted molar refractivity (Wildman–Crippen MR) is 95.4 cm³/mol. The van der Waals surface area contributed by atoms with E-state index in [9.17, 15) is 4.39 Å². The number of carbonyl (C=O) groups is 2. The van der Waals surface area contributed by atoms with Crippen molar-refractivity contribution in [3.05, 3.63) is 35.6 Å². The number of halogens is 1. The SMILES string of the molecule is Fc1ccccc1CN1CCN(C2CCCCC2)CC1.O=C(O)C(=O)O. The van der Waals surface area contributed by atoms with Gasteiger partial charge in [0.25, 0.3) is 0 Å². The van der Waals surface area contributed by atoms with Crippen molar-refractivity contribution in [3.63, 3.8) is 0 Å². The third-order valence-electron chi connectivity index (χ3n) is 5.03. The molecule has 0 radical (unpaired) electrons. The molecule has 7 heteroatoms. The molecule has 0 amide bonds. The Morgan fingerprint density at radius 2 is 1.54 bits per heavy atom. The van der Waals surface area contributed by atoms with Crippen molar-refractivity contribution in [2.24, 2.45) is 0 Å². The van der Waals surface area contributed by atoms with Crippen molar-refractivity contribution in [1.29, 1.82) is 0 Å². The second-order valence-corrected chi connectivity index (χ2v) is 6.81. The number of benzene rings is 1. The Hall–Kier alpha value is -1.99. The first-order chi connectivity index (χ1) is 12.5. The molecule has 1 aliphatic heterocycles. The van der Waals surface area contributed by atoms with Crippen molar-refractivity contribution in [2.45, 2.75) is 44.7 Å². The van der Waals surface area contributed by atoms with Gasteiger partial charge >= 0.3 is 11.9 Å². The number of carboxylic acids is 2. The summed E-state index contributed by atoms with van der Waals surface area (Å²) in [6, 6.07) is 7.98. The summed E-state index contributed by atoms with van der Waals surface area (Å²) >= 11 is 0. The maximum Gasteiger partial charge on any atom is 0.414 e. The molecule has 0 aromatic heterocycles. The molecule has 1 aromatic rings. The average molecular weight is 366 g/mol. The van der Waals surface area contributed by atoms with E-state index >= 15 is 0 Å². The second kappa shape index (κ2) is 10.2. The van der Waals surface area contributed by atoms with Gasteiger partial charge in [0.2, 0.25) is 0 Å². The number of hydrogen-bond donors (Lipinski definition) is 2. The van der Waals surface area contributed by atoms with Gasteiger partial charge in [0.1, 0.15) is 5.82 Å². The third-order valence-corrected chi connectivity index (χ3v) is 5.03. The lowest BCUT2D eigenvalue weighted by Gasteiger charge is -2.40. The van der Waals surface area contributed by atoms with Gasteiger partial charge in [-0.1, -0.05) is 37.5 Å². The zero-order valence-corrected chi connectivity index (χ0v) is 14.9. The van der Waals surface area contributed by atoms with E-state index in [1.54, 1.807) is 12.1 Å². The molecular weight excluding hydrogens is 339 g/mol. The fourth-order valence-corrected chi connectivity index (χ4v) is 3.60. The van der Waals surface area contributed by atoms with Crippen LogP contribution >= 0.6 is 0 Å². The van der Waals surface area contributed by atoms with E-state index in [0.29, 0.717) is 0 Å². The van der Waals surface area contributed by atoms with Crippen LogP contribution < -0.4 is 0 Å². The lowest BCUT2D eigenvalue weighted by atomic mass is 9.94. The van der Waals surface area contributed by atoms with Gasteiger partial charge < -0.3 is 10.2 Å². The zero-order valence-electron chi connectivity index (χ0n) is 14.9. The van der Waals surface area contributed by atoms with Crippen LogP contribution in [0.25, 0.3) is 0 Å². The van der Waals surface area contributed by atoms with Crippen LogP contribution in [0.4, 0.5) is 4.39 Å². The van der Waals surface area contributed by atoms with Gasteiger partial charge in [-0.15, -0.1) is 0 Å². The molecular formula is C19H27FN2O4. The van der Waals surface area contributed by atoms with Crippen LogP contribution in [-0.2, 0) is 16.1 Å². The minimum Gasteiger partial charge on any atom is -0.473 e. The lowest BCUT2D eigenvalue weighted by Crippen LogP contribution is -2.50. The van der Waals surface area contributed by atoms with Gasteiger partial charge in [-0.3, -0.25) is 9.80 Å². The monoisotopic (exact) mass is 366 g/mol. The summed E-state index contributed by atoms with van der Waals surface area (Å²) in [5, 5.41) is 14.8. The molecule has 1 heterocycles. The van der Waals surface area contributed by atoms with Crippen LogP contribution in [0.5, 0.6) is 0 Å². The van der Waals surface area contributed by atoms with Crippen LogP contribution in [0, 0.1) is 5.82 Å². The smallest absolute Gasteiger partial charge is 0.414 e. The van der Waals surface area contributed by atoms with Crippen molar-refractivity contribution < 1.29 is 24.2 Å². The minimum atomic E-state index is -1.82.